The van der Waals surface area contributed by atoms with Crippen LogP contribution < -0.4 is 5.32 Å². The van der Waals surface area contributed by atoms with Crippen LogP contribution in [0.25, 0.3) is 0 Å². The zero-order chi connectivity index (χ0) is 14.7. The molecule has 1 amide bonds. The largest absolute Gasteiger partial charge is 0.326 e. The predicted molar refractivity (Wildman–Crippen MR) is 84.2 cm³/mol. The van der Waals surface area contributed by atoms with Gasteiger partial charge in [-0.1, -0.05) is 29.8 Å². The molecule has 0 fully saturated rings. The van der Waals surface area contributed by atoms with E-state index in [9.17, 15) is 4.79 Å². The highest BCUT2D eigenvalue weighted by Crippen LogP contribution is 2.15. The van der Waals surface area contributed by atoms with E-state index < -0.39 is 0 Å². The van der Waals surface area contributed by atoms with E-state index in [1.807, 2.05) is 45.0 Å². The van der Waals surface area contributed by atoms with Gasteiger partial charge >= 0.3 is 0 Å². The van der Waals surface area contributed by atoms with Crippen LogP contribution >= 0.6 is 0 Å². The summed E-state index contributed by atoms with van der Waals surface area (Å²) in [4.78, 5) is 12.1. The summed E-state index contributed by atoms with van der Waals surface area (Å²) in [5, 5.41) is 2.97. The minimum atomic E-state index is 0.0296. The zero-order valence-corrected chi connectivity index (χ0v) is 12.6. The Bertz CT molecular complexity index is 624. The van der Waals surface area contributed by atoms with Gasteiger partial charge in [0.05, 0.1) is 6.42 Å². The number of carbonyl (C=O) groups excluding carboxylic acids is 1. The lowest BCUT2D eigenvalue weighted by Crippen LogP contribution is -2.15. The van der Waals surface area contributed by atoms with Crippen LogP contribution in [0, 0.1) is 27.7 Å². The Kier molecular flexibility index (Phi) is 4.23. The number of amides is 1. The van der Waals surface area contributed by atoms with Crippen LogP contribution in [0.3, 0.4) is 0 Å². The van der Waals surface area contributed by atoms with Gasteiger partial charge in [0.1, 0.15) is 0 Å². The summed E-state index contributed by atoms with van der Waals surface area (Å²) >= 11 is 0. The Morgan fingerprint density at radius 1 is 0.900 bits per heavy atom. The van der Waals surface area contributed by atoms with E-state index in [0.717, 1.165) is 22.4 Å². The van der Waals surface area contributed by atoms with Gasteiger partial charge in [0, 0.05) is 5.69 Å². The van der Waals surface area contributed by atoms with Gasteiger partial charge in [-0.3, -0.25) is 4.79 Å². The van der Waals surface area contributed by atoms with Crippen molar-refractivity contribution in [2.75, 3.05) is 5.32 Å². The normalized spacial score (nSPS) is 10.4. The third-order valence-electron chi connectivity index (χ3n) is 3.35. The fourth-order valence-corrected chi connectivity index (χ4v) is 2.47. The molecule has 0 aromatic heterocycles. The molecule has 0 saturated carbocycles. The van der Waals surface area contributed by atoms with E-state index in [2.05, 4.69) is 24.4 Å². The second-order valence-corrected chi connectivity index (χ2v) is 5.53. The lowest BCUT2D eigenvalue weighted by Gasteiger charge is -2.09. The molecule has 0 aliphatic rings. The molecule has 0 heterocycles. The predicted octanol–water partition coefficient (Wildman–Crippen LogP) is 4.10. The van der Waals surface area contributed by atoms with Gasteiger partial charge in [0.15, 0.2) is 0 Å². The van der Waals surface area contributed by atoms with Crippen LogP contribution in [0.5, 0.6) is 0 Å². The van der Waals surface area contributed by atoms with Crippen molar-refractivity contribution in [3.63, 3.8) is 0 Å². The van der Waals surface area contributed by atoms with Crippen molar-refractivity contribution in [1.82, 2.24) is 0 Å². The van der Waals surface area contributed by atoms with Crippen LogP contribution in [0.4, 0.5) is 5.69 Å². The Hall–Kier alpha value is -2.09. The number of anilines is 1. The van der Waals surface area contributed by atoms with Gasteiger partial charge < -0.3 is 5.32 Å². The standard InChI is InChI=1S/C18H21NO/c1-12-5-6-16(15(4)8-12)11-18(20)19-17-9-13(2)7-14(3)10-17/h5-10H,11H2,1-4H3,(H,19,20). The Balaban J connectivity index is 2.09. The monoisotopic (exact) mass is 267 g/mol. The first kappa shape index (κ1) is 14.3. The number of aryl methyl sites for hydroxylation is 4. The Morgan fingerprint density at radius 2 is 1.55 bits per heavy atom. The summed E-state index contributed by atoms with van der Waals surface area (Å²) in [5.41, 5.74) is 6.66. The molecule has 2 nitrogen and oxygen atoms in total. The average molecular weight is 267 g/mol. The number of carbonyl (C=O) groups is 1. The molecule has 2 heteroatoms. The van der Waals surface area contributed by atoms with Gasteiger partial charge in [-0.25, -0.2) is 0 Å². The molecule has 2 aromatic rings. The molecule has 0 saturated heterocycles. The molecule has 0 atom stereocenters. The third kappa shape index (κ3) is 3.70. The van der Waals surface area contributed by atoms with Crippen molar-refractivity contribution in [3.05, 3.63) is 64.2 Å². The van der Waals surface area contributed by atoms with Gasteiger partial charge in [-0.05, 0) is 62.1 Å². The zero-order valence-electron chi connectivity index (χ0n) is 12.6. The van der Waals surface area contributed by atoms with Crippen LogP contribution in [-0.2, 0) is 11.2 Å². The summed E-state index contributed by atoms with van der Waals surface area (Å²) in [6.45, 7) is 8.18. The van der Waals surface area contributed by atoms with Crippen LogP contribution in [0.2, 0.25) is 0 Å². The molecule has 0 radical (unpaired) electrons. The number of benzene rings is 2. The van der Waals surface area contributed by atoms with Gasteiger partial charge in [-0.15, -0.1) is 0 Å². The molecular formula is C18H21NO. The second kappa shape index (κ2) is 5.91. The van der Waals surface area contributed by atoms with Crippen molar-refractivity contribution in [3.8, 4) is 0 Å². The SMILES string of the molecule is Cc1cc(C)cc(NC(=O)Cc2ccc(C)cc2C)c1. The molecule has 0 aliphatic carbocycles. The fraction of sp³-hybridized carbons (Fsp3) is 0.278. The lowest BCUT2D eigenvalue weighted by molar-refractivity contribution is -0.115. The van der Waals surface area contributed by atoms with E-state index >= 15 is 0 Å². The highest BCUT2D eigenvalue weighted by Gasteiger charge is 2.07. The summed E-state index contributed by atoms with van der Waals surface area (Å²) in [6, 6.07) is 12.3. The van der Waals surface area contributed by atoms with Gasteiger partial charge in [-0.2, -0.15) is 0 Å². The summed E-state index contributed by atoms with van der Waals surface area (Å²) in [6.07, 6.45) is 0.416. The molecule has 104 valence electrons. The van der Waals surface area contributed by atoms with E-state index in [-0.39, 0.29) is 5.91 Å². The summed E-state index contributed by atoms with van der Waals surface area (Å²) in [7, 11) is 0. The molecular weight excluding hydrogens is 246 g/mol. The maximum absolute atomic E-state index is 12.1. The molecule has 0 bridgehead atoms. The van der Waals surface area contributed by atoms with Crippen LogP contribution in [-0.4, -0.2) is 5.91 Å². The molecule has 0 spiro atoms. The molecule has 0 unspecified atom stereocenters. The minimum absolute atomic E-state index is 0.0296. The van der Waals surface area contributed by atoms with Crippen molar-refractivity contribution in [2.24, 2.45) is 0 Å². The fourth-order valence-electron chi connectivity index (χ4n) is 2.47. The van der Waals surface area contributed by atoms with Crippen molar-refractivity contribution < 1.29 is 4.79 Å². The topological polar surface area (TPSA) is 29.1 Å². The smallest absolute Gasteiger partial charge is 0.228 e. The van der Waals surface area contributed by atoms with Crippen LogP contribution in [0.1, 0.15) is 27.8 Å². The number of hydrogen-bond donors (Lipinski definition) is 1. The number of hydrogen-bond acceptors (Lipinski definition) is 1. The molecule has 2 aromatic carbocycles. The van der Waals surface area contributed by atoms with Gasteiger partial charge in [0.25, 0.3) is 0 Å². The highest BCUT2D eigenvalue weighted by molar-refractivity contribution is 5.92. The lowest BCUT2D eigenvalue weighted by atomic mass is 10.0. The van der Waals surface area contributed by atoms with Crippen molar-refractivity contribution in [1.29, 1.82) is 0 Å². The summed E-state index contributed by atoms with van der Waals surface area (Å²) < 4.78 is 0. The number of nitrogens with one attached hydrogen (secondary N) is 1. The first-order chi connectivity index (χ1) is 9.44. The Labute approximate surface area is 120 Å². The van der Waals surface area contributed by atoms with E-state index in [0.29, 0.717) is 6.42 Å². The second-order valence-electron chi connectivity index (χ2n) is 5.53. The minimum Gasteiger partial charge on any atom is -0.326 e. The van der Waals surface area contributed by atoms with Crippen molar-refractivity contribution in [2.45, 2.75) is 34.1 Å². The molecule has 1 N–H and O–H groups in total. The Morgan fingerprint density at radius 3 is 2.15 bits per heavy atom. The van der Waals surface area contributed by atoms with E-state index in [1.165, 1.54) is 11.1 Å². The maximum Gasteiger partial charge on any atom is 0.228 e. The van der Waals surface area contributed by atoms with E-state index in [4.69, 9.17) is 0 Å². The van der Waals surface area contributed by atoms with Crippen LogP contribution in [0.15, 0.2) is 36.4 Å². The first-order valence-electron chi connectivity index (χ1n) is 6.88. The number of rotatable bonds is 3. The van der Waals surface area contributed by atoms with E-state index in [1.54, 1.807) is 0 Å². The third-order valence-corrected chi connectivity index (χ3v) is 3.35. The quantitative estimate of drug-likeness (QED) is 0.891. The summed E-state index contributed by atoms with van der Waals surface area (Å²) in [5.74, 6) is 0.0296. The van der Waals surface area contributed by atoms with Gasteiger partial charge in [0.2, 0.25) is 5.91 Å². The molecule has 2 rings (SSSR count). The first-order valence-corrected chi connectivity index (χ1v) is 6.88. The highest BCUT2D eigenvalue weighted by atomic mass is 16.1. The van der Waals surface area contributed by atoms with Crippen molar-refractivity contribution >= 4 is 11.6 Å². The average Bonchev–Trinajstić information content (AvgIpc) is 2.31. The maximum atomic E-state index is 12.1. The molecule has 0 aliphatic heterocycles. The molecule has 20 heavy (non-hydrogen) atoms.